The Morgan fingerprint density at radius 3 is 1.67 bits per heavy atom. The Hall–Kier alpha value is -2.48. The van der Waals surface area contributed by atoms with Gasteiger partial charge in [0, 0.05) is 37.3 Å². The molecule has 2 aromatic carbocycles. The Balaban J connectivity index is 1.91. The summed E-state index contributed by atoms with van der Waals surface area (Å²) < 4.78 is 10.8. The zero-order valence-corrected chi connectivity index (χ0v) is 16.8. The molecular formula is C23H30N2O2. The van der Waals surface area contributed by atoms with E-state index < -0.39 is 0 Å². The maximum Gasteiger partial charge on any atom is 0.123 e. The van der Waals surface area contributed by atoms with E-state index in [-0.39, 0.29) is 5.41 Å². The highest BCUT2D eigenvalue weighted by molar-refractivity contribution is 5.34. The lowest BCUT2D eigenvalue weighted by Crippen LogP contribution is -2.39. The van der Waals surface area contributed by atoms with Gasteiger partial charge in [-0.3, -0.25) is 0 Å². The van der Waals surface area contributed by atoms with Gasteiger partial charge < -0.3 is 20.1 Å². The normalized spacial score (nSPS) is 10.8. The third-order valence-electron chi connectivity index (χ3n) is 4.47. The Morgan fingerprint density at radius 2 is 1.26 bits per heavy atom. The highest BCUT2D eigenvalue weighted by Gasteiger charge is 2.21. The second kappa shape index (κ2) is 10.6. The second-order valence-corrected chi connectivity index (χ2v) is 6.77. The molecule has 0 saturated carbocycles. The monoisotopic (exact) mass is 366 g/mol. The molecule has 0 aliphatic carbocycles. The first-order chi connectivity index (χ1) is 13.1. The number of hydrogen-bond acceptors (Lipinski definition) is 4. The van der Waals surface area contributed by atoms with Gasteiger partial charge in [0.25, 0.3) is 0 Å². The minimum Gasteiger partial charge on any atom is -0.496 e. The molecule has 27 heavy (non-hydrogen) atoms. The molecule has 2 N–H and O–H groups in total. The fourth-order valence-corrected chi connectivity index (χ4v) is 3.10. The fourth-order valence-electron chi connectivity index (χ4n) is 3.10. The van der Waals surface area contributed by atoms with Gasteiger partial charge in [-0.2, -0.15) is 0 Å². The molecule has 0 unspecified atom stereocenters. The summed E-state index contributed by atoms with van der Waals surface area (Å²) in [4.78, 5) is 0. The molecule has 0 radical (unpaired) electrons. The Labute approximate surface area is 163 Å². The smallest absolute Gasteiger partial charge is 0.123 e. The third-order valence-corrected chi connectivity index (χ3v) is 4.47. The number of ether oxygens (including phenoxy) is 2. The summed E-state index contributed by atoms with van der Waals surface area (Å²) in [6, 6.07) is 16.1. The molecule has 144 valence electrons. The molecule has 0 aliphatic heterocycles. The first-order valence-electron chi connectivity index (χ1n) is 9.21. The van der Waals surface area contributed by atoms with E-state index in [9.17, 15) is 0 Å². The minimum absolute atomic E-state index is 0.168. The van der Waals surface area contributed by atoms with Crippen molar-refractivity contribution in [3.05, 3.63) is 59.7 Å². The van der Waals surface area contributed by atoms with Gasteiger partial charge >= 0.3 is 0 Å². The van der Waals surface area contributed by atoms with E-state index in [1.54, 1.807) is 14.2 Å². The largest absolute Gasteiger partial charge is 0.496 e. The van der Waals surface area contributed by atoms with Crippen LogP contribution < -0.4 is 20.1 Å². The van der Waals surface area contributed by atoms with Crippen LogP contribution in [0.5, 0.6) is 11.5 Å². The van der Waals surface area contributed by atoms with Crippen LogP contribution in [-0.4, -0.2) is 27.3 Å². The molecule has 4 nitrogen and oxygen atoms in total. The molecular weight excluding hydrogens is 336 g/mol. The average molecular weight is 367 g/mol. The van der Waals surface area contributed by atoms with Gasteiger partial charge in [-0.05, 0) is 26.0 Å². The van der Waals surface area contributed by atoms with Crippen LogP contribution in [0.25, 0.3) is 0 Å². The van der Waals surface area contributed by atoms with Gasteiger partial charge in [-0.1, -0.05) is 42.3 Å². The zero-order valence-electron chi connectivity index (χ0n) is 16.8. The summed E-state index contributed by atoms with van der Waals surface area (Å²) in [6.07, 6.45) is 0. The van der Waals surface area contributed by atoms with Crippen molar-refractivity contribution >= 4 is 0 Å². The fraction of sp³-hybridized carbons (Fsp3) is 0.391. The van der Waals surface area contributed by atoms with Crippen molar-refractivity contribution in [3.63, 3.8) is 0 Å². The molecule has 0 amide bonds. The standard InChI is InChI=1S/C23H30N2O2/c1-5-14-23(2,17-24-15-19-10-6-8-12-21(19)26-3)18-25-16-20-11-7-9-13-22(20)27-4/h6-13,24-25H,15-18H2,1-4H3. The summed E-state index contributed by atoms with van der Waals surface area (Å²) in [6.45, 7) is 7.12. The maximum absolute atomic E-state index is 5.42. The van der Waals surface area contributed by atoms with E-state index in [2.05, 4.69) is 41.5 Å². The molecule has 0 aromatic heterocycles. The molecule has 2 rings (SSSR count). The van der Waals surface area contributed by atoms with Gasteiger partial charge in [0.1, 0.15) is 11.5 Å². The zero-order chi connectivity index (χ0) is 19.5. The van der Waals surface area contributed by atoms with Gasteiger partial charge in [-0.25, -0.2) is 0 Å². The SMILES string of the molecule is CC#CC(C)(CNCc1ccccc1OC)CNCc1ccccc1OC. The summed E-state index contributed by atoms with van der Waals surface area (Å²) in [5.74, 6) is 8.23. The molecule has 0 heterocycles. The summed E-state index contributed by atoms with van der Waals surface area (Å²) in [5, 5.41) is 7.05. The van der Waals surface area contributed by atoms with Crippen LogP contribution in [0, 0.1) is 17.3 Å². The minimum atomic E-state index is -0.168. The van der Waals surface area contributed by atoms with Gasteiger partial charge in [-0.15, -0.1) is 5.92 Å². The number of methoxy groups -OCH3 is 2. The Kier molecular flexibility index (Phi) is 8.19. The molecule has 0 atom stereocenters. The van der Waals surface area contributed by atoms with Crippen molar-refractivity contribution in [2.45, 2.75) is 26.9 Å². The van der Waals surface area contributed by atoms with E-state index >= 15 is 0 Å². The lowest BCUT2D eigenvalue weighted by Gasteiger charge is -2.25. The predicted molar refractivity (Wildman–Crippen MR) is 111 cm³/mol. The van der Waals surface area contributed by atoms with Gasteiger partial charge in [0.15, 0.2) is 0 Å². The number of hydrogen-bond donors (Lipinski definition) is 2. The van der Waals surface area contributed by atoms with Crippen molar-refractivity contribution in [2.24, 2.45) is 5.41 Å². The highest BCUT2D eigenvalue weighted by Crippen LogP contribution is 2.20. The van der Waals surface area contributed by atoms with Crippen molar-refractivity contribution in [2.75, 3.05) is 27.3 Å². The number of rotatable bonds is 10. The van der Waals surface area contributed by atoms with Crippen LogP contribution in [0.3, 0.4) is 0 Å². The second-order valence-electron chi connectivity index (χ2n) is 6.77. The number of nitrogens with one attached hydrogen (secondary N) is 2. The Morgan fingerprint density at radius 1 is 0.815 bits per heavy atom. The molecule has 0 fully saturated rings. The highest BCUT2D eigenvalue weighted by atomic mass is 16.5. The lowest BCUT2D eigenvalue weighted by atomic mass is 9.91. The maximum atomic E-state index is 5.42. The number of para-hydroxylation sites is 2. The van der Waals surface area contributed by atoms with E-state index in [1.807, 2.05) is 43.3 Å². The third kappa shape index (κ3) is 6.32. The summed E-state index contributed by atoms with van der Waals surface area (Å²) in [7, 11) is 3.40. The van der Waals surface area contributed by atoms with Crippen molar-refractivity contribution < 1.29 is 9.47 Å². The molecule has 0 bridgehead atoms. The molecule has 0 saturated heterocycles. The van der Waals surface area contributed by atoms with Crippen LogP contribution in [0.4, 0.5) is 0 Å². The van der Waals surface area contributed by atoms with Crippen LogP contribution in [-0.2, 0) is 13.1 Å². The molecule has 0 aliphatic rings. The summed E-state index contributed by atoms with van der Waals surface area (Å²) >= 11 is 0. The molecule has 2 aromatic rings. The quantitative estimate of drug-likeness (QED) is 0.631. The first kappa shape index (κ1) is 20.8. The van der Waals surface area contributed by atoms with Crippen LogP contribution in [0.2, 0.25) is 0 Å². The lowest BCUT2D eigenvalue weighted by molar-refractivity contribution is 0.370. The summed E-state index contributed by atoms with van der Waals surface area (Å²) in [5.41, 5.74) is 2.13. The predicted octanol–water partition coefficient (Wildman–Crippen LogP) is 3.61. The van der Waals surface area contributed by atoms with Crippen molar-refractivity contribution in [1.29, 1.82) is 0 Å². The van der Waals surface area contributed by atoms with Crippen molar-refractivity contribution in [3.8, 4) is 23.3 Å². The van der Waals surface area contributed by atoms with E-state index in [0.29, 0.717) is 0 Å². The van der Waals surface area contributed by atoms with Crippen LogP contribution >= 0.6 is 0 Å². The van der Waals surface area contributed by atoms with Gasteiger partial charge in [0.05, 0.1) is 19.6 Å². The van der Waals surface area contributed by atoms with Crippen molar-refractivity contribution in [1.82, 2.24) is 10.6 Å². The Bertz CT molecular complexity index is 724. The molecule has 4 heteroatoms. The van der Waals surface area contributed by atoms with E-state index in [1.165, 1.54) is 0 Å². The first-order valence-corrected chi connectivity index (χ1v) is 9.21. The number of benzene rings is 2. The molecule has 0 spiro atoms. The average Bonchev–Trinajstić information content (AvgIpc) is 2.69. The topological polar surface area (TPSA) is 42.5 Å². The van der Waals surface area contributed by atoms with E-state index in [0.717, 1.165) is 48.8 Å². The van der Waals surface area contributed by atoms with Crippen LogP contribution in [0.1, 0.15) is 25.0 Å². The van der Waals surface area contributed by atoms with Crippen LogP contribution in [0.15, 0.2) is 48.5 Å². The van der Waals surface area contributed by atoms with Gasteiger partial charge in [0.2, 0.25) is 0 Å². The van der Waals surface area contributed by atoms with E-state index in [4.69, 9.17) is 9.47 Å².